The van der Waals surface area contributed by atoms with Crippen LogP contribution in [0.3, 0.4) is 0 Å². The Labute approximate surface area is 101 Å². The van der Waals surface area contributed by atoms with Gasteiger partial charge < -0.3 is 10.2 Å². The van der Waals surface area contributed by atoms with Crippen molar-refractivity contribution in [3.63, 3.8) is 0 Å². The fourth-order valence-electron chi connectivity index (χ4n) is 2.45. The first-order valence-corrected chi connectivity index (χ1v) is 6.08. The molecule has 0 aromatic heterocycles. The Hall–Kier alpha value is -1.35. The molecule has 2 unspecified atom stereocenters. The molecule has 0 heterocycles. The van der Waals surface area contributed by atoms with Gasteiger partial charge in [-0.3, -0.25) is 4.79 Å². The lowest BCUT2D eigenvalue weighted by atomic mass is 9.86. The minimum Gasteiger partial charge on any atom is -0.481 e. The molecule has 0 radical (unpaired) electrons. The van der Waals surface area contributed by atoms with Crippen LogP contribution in [0.1, 0.15) is 49.3 Å². The van der Waals surface area contributed by atoms with Crippen molar-refractivity contribution in [1.29, 1.82) is 0 Å². The fraction of sp³-hybridized carbons (Fsp3) is 0.500. The zero-order chi connectivity index (χ0) is 12.4. The Morgan fingerprint density at radius 1 is 1.35 bits per heavy atom. The summed E-state index contributed by atoms with van der Waals surface area (Å²) in [6.07, 6.45) is 1.83. The highest BCUT2D eigenvalue weighted by molar-refractivity contribution is 5.68. The summed E-state index contributed by atoms with van der Waals surface area (Å²) in [5.41, 5.74) is 1.87. The summed E-state index contributed by atoms with van der Waals surface area (Å²) < 4.78 is 0. The average molecular weight is 234 g/mol. The average Bonchev–Trinajstić information content (AvgIpc) is 3.09. The van der Waals surface area contributed by atoms with E-state index in [1.165, 1.54) is 0 Å². The first-order valence-electron chi connectivity index (χ1n) is 6.08. The Morgan fingerprint density at radius 3 is 2.41 bits per heavy atom. The summed E-state index contributed by atoms with van der Waals surface area (Å²) in [5, 5.41) is 18.7. The van der Waals surface area contributed by atoms with E-state index in [1.807, 2.05) is 24.3 Å². The highest BCUT2D eigenvalue weighted by atomic mass is 16.4. The normalized spacial score (nSPS) is 18.7. The summed E-state index contributed by atoms with van der Waals surface area (Å²) in [7, 11) is 0. The molecule has 3 nitrogen and oxygen atoms in total. The summed E-state index contributed by atoms with van der Waals surface area (Å²) in [6, 6.07) is 7.64. The second-order valence-electron chi connectivity index (χ2n) is 4.85. The molecule has 0 spiro atoms. The number of rotatable bonds is 5. The summed E-state index contributed by atoms with van der Waals surface area (Å²) in [4.78, 5) is 10.9. The largest absolute Gasteiger partial charge is 0.481 e. The smallest absolute Gasteiger partial charge is 0.303 e. The standard InChI is InChI=1S/C14H18O3/c1-9(15)11-4-2-3-5-12(11)13(8-14(16)17)10-6-7-10/h2-5,9-10,13,15H,6-8H2,1H3,(H,16,17). The van der Waals surface area contributed by atoms with E-state index in [9.17, 15) is 9.90 Å². The molecule has 1 aliphatic rings. The van der Waals surface area contributed by atoms with Crippen molar-refractivity contribution in [2.24, 2.45) is 5.92 Å². The number of aliphatic hydroxyl groups is 1. The lowest BCUT2D eigenvalue weighted by Crippen LogP contribution is -2.11. The van der Waals surface area contributed by atoms with E-state index in [4.69, 9.17) is 5.11 Å². The maximum Gasteiger partial charge on any atom is 0.303 e. The van der Waals surface area contributed by atoms with Crippen LogP contribution in [0.25, 0.3) is 0 Å². The Balaban J connectivity index is 2.31. The van der Waals surface area contributed by atoms with E-state index in [0.29, 0.717) is 5.92 Å². The van der Waals surface area contributed by atoms with Gasteiger partial charge in [0.15, 0.2) is 0 Å². The molecule has 1 aliphatic carbocycles. The minimum absolute atomic E-state index is 0.0540. The van der Waals surface area contributed by atoms with Crippen LogP contribution < -0.4 is 0 Å². The number of carboxylic acids is 1. The van der Waals surface area contributed by atoms with Gasteiger partial charge in [-0.25, -0.2) is 0 Å². The number of benzene rings is 1. The minimum atomic E-state index is -0.762. The monoisotopic (exact) mass is 234 g/mol. The van der Waals surface area contributed by atoms with E-state index in [-0.39, 0.29) is 12.3 Å². The fourth-order valence-corrected chi connectivity index (χ4v) is 2.45. The van der Waals surface area contributed by atoms with Crippen LogP contribution in [-0.4, -0.2) is 16.2 Å². The molecule has 0 amide bonds. The molecule has 2 atom stereocenters. The predicted octanol–water partition coefficient (Wildman–Crippen LogP) is 2.71. The zero-order valence-corrected chi connectivity index (χ0v) is 9.97. The van der Waals surface area contributed by atoms with Crippen LogP contribution >= 0.6 is 0 Å². The lowest BCUT2D eigenvalue weighted by molar-refractivity contribution is -0.137. The maximum absolute atomic E-state index is 10.9. The van der Waals surface area contributed by atoms with Crippen molar-refractivity contribution in [2.45, 2.75) is 38.2 Å². The molecule has 1 saturated carbocycles. The van der Waals surface area contributed by atoms with Gasteiger partial charge in [-0.05, 0) is 42.7 Å². The van der Waals surface area contributed by atoms with Crippen molar-refractivity contribution >= 4 is 5.97 Å². The molecule has 2 N–H and O–H groups in total. The SMILES string of the molecule is CC(O)c1ccccc1C(CC(=O)O)C1CC1. The van der Waals surface area contributed by atoms with Gasteiger partial charge in [0, 0.05) is 0 Å². The number of hydrogen-bond acceptors (Lipinski definition) is 2. The molecule has 2 rings (SSSR count). The third-order valence-electron chi connectivity index (χ3n) is 3.43. The Morgan fingerprint density at radius 2 is 1.94 bits per heavy atom. The van der Waals surface area contributed by atoms with Crippen molar-refractivity contribution in [3.8, 4) is 0 Å². The highest BCUT2D eigenvalue weighted by Gasteiger charge is 2.35. The molecular formula is C14H18O3. The molecule has 17 heavy (non-hydrogen) atoms. The van der Waals surface area contributed by atoms with Crippen LogP contribution in [0.4, 0.5) is 0 Å². The van der Waals surface area contributed by atoms with Gasteiger partial charge in [0.05, 0.1) is 12.5 Å². The highest BCUT2D eigenvalue weighted by Crippen LogP contribution is 2.46. The molecule has 1 aromatic carbocycles. The number of aliphatic carboxylic acids is 1. The maximum atomic E-state index is 10.9. The molecule has 1 fully saturated rings. The van der Waals surface area contributed by atoms with Crippen LogP contribution in [0.5, 0.6) is 0 Å². The molecule has 3 heteroatoms. The summed E-state index contributed by atoms with van der Waals surface area (Å²) in [5.74, 6) is -0.230. The number of carbonyl (C=O) groups is 1. The van der Waals surface area contributed by atoms with Crippen molar-refractivity contribution in [2.75, 3.05) is 0 Å². The summed E-state index contributed by atoms with van der Waals surface area (Å²) in [6.45, 7) is 1.73. The first kappa shape index (κ1) is 12.1. The first-order chi connectivity index (χ1) is 8.09. The van der Waals surface area contributed by atoms with Crippen LogP contribution in [0.2, 0.25) is 0 Å². The quantitative estimate of drug-likeness (QED) is 0.823. The van der Waals surface area contributed by atoms with Gasteiger partial charge in [0.25, 0.3) is 0 Å². The number of hydrogen-bond donors (Lipinski definition) is 2. The van der Waals surface area contributed by atoms with Crippen LogP contribution in [0, 0.1) is 5.92 Å². The van der Waals surface area contributed by atoms with E-state index < -0.39 is 12.1 Å². The summed E-state index contributed by atoms with van der Waals surface area (Å²) >= 11 is 0. The van der Waals surface area contributed by atoms with Crippen LogP contribution in [0.15, 0.2) is 24.3 Å². The molecule has 92 valence electrons. The second-order valence-corrected chi connectivity index (χ2v) is 4.85. The van der Waals surface area contributed by atoms with Crippen LogP contribution in [-0.2, 0) is 4.79 Å². The van der Waals surface area contributed by atoms with Gasteiger partial charge in [-0.2, -0.15) is 0 Å². The predicted molar refractivity (Wildman–Crippen MR) is 64.8 cm³/mol. The van der Waals surface area contributed by atoms with E-state index >= 15 is 0 Å². The Kier molecular flexibility index (Phi) is 3.48. The molecule has 0 saturated heterocycles. The number of aliphatic hydroxyl groups excluding tert-OH is 1. The van der Waals surface area contributed by atoms with Crippen molar-refractivity contribution in [1.82, 2.24) is 0 Å². The number of carboxylic acid groups (broad SMARTS) is 1. The molecule has 1 aromatic rings. The van der Waals surface area contributed by atoms with Gasteiger partial charge in [0.2, 0.25) is 0 Å². The van der Waals surface area contributed by atoms with E-state index in [1.54, 1.807) is 6.92 Å². The van der Waals surface area contributed by atoms with Gasteiger partial charge >= 0.3 is 5.97 Å². The third kappa shape index (κ3) is 2.86. The van der Waals surface area contributed by atoms with Crippen molar-refractivity contribution in [3.05, 3.63) is 35.4 Å². The van der Waals surface area contributed by atoms with Gasteiger partial charge in [-0.15, -0.1) is 0 Å². The van der Waals surface area contributed by atoms with Gasteiger partial charge in [0.1, 0.15) is 0 Å². The molecule has 0 bridgehead atoms. The second kappa shape index (κ2) is 4.88. The molecular weight excluding hydrogens is 216 g/mol. The third-order valence-corrected chi connectivity index (χ3v) is 3.43. The topological polar surface area (TPSA) is 57.5 Å². The van der Waals surface area contributed by atoms with Crippen molar-refractivity contribution < 1.29 is 15.0 Å². The zero-order valence-electron chi connectivity index (χ0n) is 9.97. The molecule has 0 aliphatic heterocycles. The van der Waals surface area contributed by atoms with E-state index in [2.05, 4.69) is 0 Å². The Bertz CT molecular complexity index is 408. The van der Waals surface area contributed by atoms with E-state index in [0.717, 1.165) is 24.0 Å². The van der Waals surface area contributed by atoms with Gasteiger partial charge in [-0.1, -0.05) is 24.3 Å². The lowest BCUT2D eigenvalue weighted by Gasteiger charge is -2.20.